The maximum Gasteiger partial charge on any atom is 0.303 e. The number of nitrogens with zero attached hydrogens (tertiary/aromatic N) is 3. The van der Waals surface area contributed by atoms with E-state index in [1.54, 1.807) is 7.11 Å². The van der Waals surface area contributed by atoms with Crippen LogP contribution in [0, 0.1) is 0 Å². The molecule has 0 amide bonds. The number of benzene rings is 1. The molecule has 8 heteroatoms. The van der Waals surface area contributed by atoms with Crippen LogP contribution in [0.4, 0.5) is 5.82 Å². The van der Waals surface area contributed by atoms with Crippen molar-refractivity contribution in [2.24, 2.45) is 0 Å². The smallest absolute Gasteiger partial charge is 0.303 e. The quantitative estimate of drug-likeness (QED) is 0.540. The normalized spacial score (nSPS) is 10.3. The molecule has 0 saturated heterocycles. The number of aromatic nitrogens is 2. The van der Waals surface area contributed by atoms with Gasteiger partial charge in [-0.1, -0.05) is 23.7 Å². The summed E-state index contributed by atoms with van der Waals surface area (Å²) < 4.78 is 5.14. The van der Waals surface area contributed by atoms with E-state index in [-0.39, 0.29) is 17.1 Å². The van der Waals surface area contributed by atoms with E-state index in [2.05, 4.69) is 9.97 Å². The second kappa shape index (κ2) is 8.98. The first-order valence-corrected chi connectivity index (χ1v) is 7.98. The van der Waals surface area contributed by atoms with Crippen LogP contribution in [0.15, 0.2) is 30.6 Å². The van der Waals surface area contributed by atoms with E-state index in [0.29, 0.717) is 31.6 Å². The van der Waals surface area contributed by atoms with Crippen molar-refractivity contribution < 1.29 is 19.4 Å². The van der Waals surface area contributed by atoms with Crippen molar-refractivity contribution in [3.8, 4) is 5.75 Å². The van der Waals surface area contributed by atoms with Gasteiger partial charge in [-0.3, -0.25) is 9.59 Å². The first-order chi connectivity index (χ1) is 12.0. The number of aliphatic carboxylic acids is 1. The van der Waals surface area contributed by atoms with Crippen LogP contribution in [0.2, 0.25) is 5.15 Å². The Hall–Kier alpha value is -2.67. The van der Waals surface area contributed by atoms with Crippen molar-refractivity contribution >= 4 is 29.7 Å². The fourth-order valence-corrected chi connectivity index (χ4v) is 2.52. The molecule has 25 heavy (non-hydrogen) atoms. The molecule has 1 heterocycles. The van der Waals surface area contributed by atoms with Crippen LogP contribution in [-0.4, -0.2) is 41.0 Å². The van der Waals surface area contributed by atoms with E-state index < -0.39 is 5.97 Å². The molecule has 0 saturated carbocycles. The lowest BCUT2D eigenvalue weighted by Gasteiger charge is -2.25. The Morgan fingerprint density at radius 2 is 2.04 bits per heavy atom. The number of halogens is 1. The highest BCUT2D eigenvalue weighted by atomic mass is 35.5. The van der Waals surface area contributed by atoms with Gasteiger partial charge in [-0.05, 0) is 24.1 Å². The highest BCUT2D eigenvalue weighted by Crippen LogP contribution is 2.24. The van der Waals surface area contributed by atoms with E-state index in [1.165, 1.54) is 6.33 Å². The van der Waals surface area contributed by atoms with Crippen molar-refractivity contribution in [2.75, 3.05) is 18.6 Å². The van der Waals surface area contributed by atoms with Crippen LogP contribution < -0.4 is 9.64 Å². The molecule has 7 nitrogen and oxygen atoms in total. The zero-order chi connectivity index (χ0) is 18.2. The van der Waals surface area contributed by atoms with Crippen molar-refractivity contribution in [3.05, 3.63) is 46.9 Å². The SMILES string of the molecule is COc1ccc(CN(CCCC(=O)O)c2ncnc(Cl)c2C=O)cc1. The molecule has 1 aromatic heterocycles. The van der Waals surface area contributed by atoms with Crippen LogP contribution in [0.3, 0.4) is 0 Å². The Labute approximate surface area is 150 Å². The molecule has 0 spiro atoms. The predicted molar refractivity (Wildman–Crippen MR) is 93.3 cm³/mol. The fourth-order valence-electron chi connectivity index (χ4n) is 2.35. The lowest BCUT2D eigenvalue weighted by atomic mass is 10.1. The number of ether oxygens (including phenoxy) is 1. The van der Waals surface area contributed by atoms with E-state index in [4.69, 9.17) is 21.4 Å². The highest BCUT2D eigenvalue weighted by molar-refractivity contribution is 6.32. The molecule has 0 atom stereocenters. The number of aldehydes is 1. The van der Waals surface area contributed by atoms with Crippen molar-refractivity contribution in [1.82, 2.24) is 9.97 Å². The molecule has 132 valence electrons. The maximum atomic E-state index is 11.4. The van der Waals surface area contributed by atoms with Gasteiger partial charge in [0.05, 0.1) is 12.7 Å². The summed E-state index contributed by atoms with van der Waals surface area (Å²) in [6, 6.07) is 7.45. The Morgan fingerprint density at radius 1 is 1.32 bits per heavy atom. The van der Waals surface area contributed by atoms with Gasteiger partial charge in [0.2, 0.25) is 0 Å². The zero-order valence-corrected chi connectivity index (χ0v) is 14.4. The van der Waals surface area contributed by atoms with Gasteiger partial charge in [-0.25, -0.2) is 9.97 Å². The molecular formula is C17H18ClN3O4. The summed E-state index contributed by atoms with van der Waals surface area (Å²) in [4.78, 5) is 32.0. The Bertz CT molecular complexity index is 737. The number of carboxylic acids is 1. The second-order valence-corrected chi connectivity index (χ2v) is 5.64. The zero-order valence-electron chi connectivity index (χ0n) is 13.7. The minimum absolute atomic E-state index is 0.0222. The third-order valence-corrected chi connectivity index (χ3v) is 3.88. The molecule has 0 aliphatic heterocycles. The molecule has 2 aromatic rings. The van der Waals surface area contributed by atoms with Gasteiger partial charge >= 0.3 is 5.97 Å². The average Bonchev–Trinajstić information content (AvgIpc) is 2.61. The summed E-state index contributed by atoms with van der Waals surface area (Å²) in [5, 5.41) is 8.92. The van der Waals surface area contributed by atoms with Crippen molar-refractivity contribution in [2.45, 2.75) is 19.4 Å². The largest absolute Gasteiger partial charge is 0.497 e. The molecule has 1 N–H and O–H groups in total. The summed E-state index contributed by atoms with van der Waals surface area (Å²) in [6.45, 7) is 0.851. The summed E-state index contributed by atoms with van der Waals surface area (Å²) >= 11 is 5.98. The predicted octanol–water partition coefficient (Wildman–Crippen LogP) is 2.82. The van der Waals surface area contributed by atoms with Crippen LogP contribution in [0.1, 0.15) is 28.8 Å². The monoisotopic (exact) mass is 363 g/mol. The molecule has 2 rings (SSSR count). The van der Waals surface area contributed by atoms with Gasteiger partial charge in [0.15, 0.2) is 6.29 Å². The third kappa shape index (κ3) is 5.15. The molecule has 0 unspecified atom stereocenters. The van der Waals surface area contributed by atoms with Gasteiger partial charge in [0.25, 0.3) is 0 Å². The molecule has 0 radical (unpaired) electrons. The molecule has 0 aliphatic rings. The van der Waals surface area contributed by atoms with Crippen LogP contribution >= 0.6 is 11.6 Å². The van der Waals surface area contributed by atoms with Crippen LogP contribution in [0.5, 0.6) is 5.75 Å². The van der Waals surface area contributed by atoms with E-state index in [1.807, 2.05) is 29.2 Å². The minimum Gasteiger partial charge on any atom is -0.497 e. The molecule has 1 aromatic carbocycles. The van der Waals surface area contributed by atoms with Crippen LogP contribution in [-0.2, 0) is 11.3 Å². The van der Waals surface area contributed by atoms with Gasteiger partial charge in [-0.2, -0.15) is 0 Å². The second-order valence-electron chi connectivity index (χ2n) is 5.29. The first kappa shape index (κ1) is 18.7. The molecule has 0 aliphatic carbocycles. The van der Waals surface area contributed by atoms with Crippen molar-refractivity contribution in [3.63, 3.8) is 0 Å². The lowest BCUT2D eigenvalue weighted by molar-refractivity contribution is -0.137. The van der Waals surface area contributed by atoms with Gasteiger partial charge in [-0.15, -0.1) is 0 Å². The minimum atomic E-state index is -0.874. The summed E-state index contributed by atoms with van der Waals surface area (Å²) in [6.07, 6.45) is 2.32. The van der Waals surface area contributed by atoms with Gasteiger partial charge in [0, 0.05) is 19.5 Å². The number of rotatable bonds is 9. The van der Waals surface area contributed by atoms with Gasteiger partial charge in [0.1, 0.15) is 23.0 Å². The number of carboxylic acid groups (broad SMARTS) is 1. The first-order valence-electron chi connectivity index (χ1n) is 7.60. The summed E-state index contributed by atoms with van der Waals surface area (Å²) in [5.74, 6) is 0.247. The van der Waals surface area contributed by atoms with E-state index in [0.717, 1.165) is 11.3 Å². The summed E-state index contributed by atoms with van der Waals surface area (Å²) in [5.41, 5.74) is 1.15. The number of hydrogen-bond donors (Lipinski definition) is 1. The number of carbonyl (C=O) groups excluding carboxylic acids is 1. The molecule has 0 bridgehead atoms. The standard InChI is InChI=1S/C17H18ClN3O4/c1-25-13-6-4-12(5-7-13)9-21(8-2-3-15(23)24)17-14(10-22)16(18)19-11-20-17/h4-7,10-11H,2-3,8-9H2,1H3,(H,23,24). The third-order valence-electron chi connectivity index (χ3n) is 3.58. The number of hydrogen-bond acceptors (Lipinski definition) is 6. The fraction of sp³-hybridized carbons (Fsp3) is 0.294. The topological polar surface area (TPSA) is 92.6 Å². The number of methoxy groups -OCH3 is 1. The van der Waals surface area contributed by atoms with Gasteiger partial charge < -0.3 is 14.7 Å². The Morgan fingerprint density at radius 3 is 2.64 bits per heavy atom. The molecule has 0 fully saturated rings. The average molecular weight is 364 g/mol. The number of anilines is 1. The van der Waals surface area contributed by atoms with Crippen molar-refractivity contribution in [1.29, 1.82) is 0 Å². The van der Waals surface area contributed by atoms with E-state index in [9.17, 15) is 9.59 Å². The highest BCUT2D eigenvalue weighted by Gasteiger charge is 2.17. The molecular weight excluding hydrogens is 346 g/mol. The summed E-state index contributed by atoms with van der Waals surface area (Å²) in [7, 11) is 1.59. The number of carbonyl (C=O) groups is 2. The van der Waals surface area contributed by atoms with Crippen LogP contribution in [0.25, 0.3) is 0 Å². The Kier molecular flexibility index (Phi) is 6.71. The van der Waals surface area contributed by atoms with E-state index >= 15 is 0 Å². The lowest BCUT2D eigenvalue weighted by Crippen LogP contribution is -2.27. The Balaban J connectivity index is 2.27. The maximum absolute atomic E-state index is 11.4.